The van der Waals surface area contributed by atoms with E-state index in [1.165, 1.54) is 0 Å². The van der Waals surface area contributed by atoms with Crippen molar-refractivity contribution in [1.82, 2.24) is 15.1 Å². The molecular weight excluding hydrogens is 438 g/mol. The van der Waals surface area contributed by atoms with Crippen LogP contribution in [0.2, 0.25) is 0 Å². The molecule has 2 unspecified atom stereocenters. The van der Waals surface area contributed by atoms with Gasteiger partial charge in [0.2, 0.25) is 5.91 Å². The molecule has 6 heteroatoms. The molecule has 0 aromatic heterocycles. The summed E-state index contributed by atoms with van der Waals surface area (Å²) in [6.45, 7) is 9.93. The Bertz CT molecular complexity index is 1020. The van der Waals surface area contributed by atoms with Gasteiger partial charge in [-0.3, -0.25) is 9.59 Å². The van der Waals surface area contributed by atoms with Crippen LogP contribution in [0.25, 0.3) is 0 Å². The van der Waals surface area contributed by atoms with Crippen LogP contribution in [0.5, 0.6) is 0 Å². The smallest absolute Gasteiger partial charge is 0.254 e. The first-order valence-corrected chi connectivity index (χ1v) is 13.0. The Morgan fingerprint density at radius 2 is 1.66 bits per heavy atom. The third kappa shape index (κ3) is 5.29. The molecule has 2 aromatic carbocycles. The average Bonchev–Trinajstić information content (AvgIpc) is 3.59. The fraction of sp³-hybridized carbons (Fsp3) is 0.517. The summed E-state index contributed by atoms with van der Waals surface area (Å²) in [5, 5.41) is 3.30. The number of amides is 2. The van der Waals surface area contributed by atoms with Crippen LogP contribution in [-0.4, -0.2) is 67.6 Å². The van der Waals surface area contributed by atoms with Crippen LogP contribution in [0, 0.1) is 31.6 Å². The zero-order valence-corrected chi connectivity index (χ0v) is 20.9. The van der Waals surface area contributed by atoms with Crippen molar-refractivity contribution >= 4 is 11.8 Å². The lowest BCUT2D eigenvalue weighted by atomic mass is 10.0. The number of aryl methyl sites for hydroxylation is 2. The first-order valence-electron chi connectivity index (χ1n) is 13.0. The highest BCUT2D eigenvalue weighted by Crippen LogP contribution is 2.33. The van der Waals surface area contributed by atoms with Gasteiger partial charge in [-0.25, -0.2) is 0 Å². The SMILES string of the molecule is Cc1cccc(C)c1C(=O)N1CC2CN(CC[C@@H](NC(=O)C3CCOC3)c3ccccc3)C[C@H]2C1. The van der Waals surface area contributed by atoms with Crippen molar-refractivity contribution in [1.29, 1.82) is 0 Å². The zero-order chi connectivity index (χ0) is 24.4. The Balaban J connectivity index is 1.17. The predicted octanol–water partition coefficient (Wildman–Crippen LogP) is 3.59. The number of likely N-dealkylation sites (tertiary alicyclic amines) is 2. The van der Waals surface area contributed by atoms with E-state index in [0.717, 1.165) is 67.8 Å². The highest BCUT2D eigenvalue weighted by atomic mass is 16.5. The maximum atomic E-state index is 13.2. The maximum absolute atomic E-state index is 13.2. The molecule has 0 radical (unpaired) electrons. The van der Waals surface area contributed by atoms with Crippen LogP contribution in [-0.2, 0) is 9.53 Å². The molecule has 3 fully saturated rings. The van der Waals surface area contributed by atoms with Gasteiger partial charge in [-0.1, -0.05) is 48.5 Å². The number of hydrogen-bond acceptors (Lipinski definition) is 4. The van der Waals surface area contributed by atoms with Gasteiger partial charge in [0.05, 0.1) is 18.6 Å². The highest BCUT2D eigenvalue weighted by Gasteiger charge is 2.42. The number of hydrogen-bond donors (Lipinski definition) is 1. The Labute approximate surface area is 208 Å². The molecule has 3 aliphatic heterocycles. The molecule has 0 saturated carbocycles. The predicted molar refractivity (Wildman–Crippen MR) is 136 cm³/mol. The van der Waals surface area contributed by atoms with Crippen LogP contribution in [0.4, 0.5) is 0 Å². The van der Waals surface area contributed by atoms with Gasteiger partial charge < -0.3 is 19.9 Å². The summed E-state index contributed by atoms with van der Waals surface area (Å²) in [6.07, 6.45) is 1.69. The largest absolute Gasteiger partial charge is 0.381 e. The van der Waals surface area contributed by atoms with Crippen molar-refractivity contribution in [3.8, 4) is 0 Å². The van der Waals surface area contributed by atoms with Gasteiger partial charge in [-0.05, 0) is 55.2 Å². The summed E-state index contributed by atoms with van der Waals surface area (Å²) in [5.74, 6) is 1.32. The highest BCUT2D eigenvalue weighted by molar-refractivity contribution is 5.97. The van der Waals surface area contributed by atoms with E-state index in [4.69, 9.17) is 4.74 Å². The van der Waals surface area contributed by atoms with Gasteiger partial charge >= 0.3 is 0 Å². The van der Waals surface area contributed by atoms with E-state index in [0.29, 0.717) is 25.0 Å². The second kappa shape index (κ2) is 10.5. The molecule has 2 aromatic rings. The monoisotopic (exact) mass is 475 g/mol. The molecule has 0 bridgehead atoms. The summed E-state index contributed by atoms with van der Waals surface area (Å²) in [6, 6.07) is 16.4. The molecule has 35 heavy (non-hydrogen) atoms. The number of carbonyl (C=O) groups excluding carboxylic acids is 2. The second-order valence-electron chi connectivity index (χ2n) is 10.6. The maximum Gasteiger partial charge on any atom is 0.254 e. The number of nitrogens with one attached hydrogen (secondary N) is 1. The topological polar surface area (TPSA) is 61.9 Å². The molecular formula is C29H37N3O3. The minimum atomic E-state index is -0.0345. The van der Waals surface area contributed by atoms with Crippen LogP contribution in [0.1, 0.15) is 45.9 Å². The summed E-state index contributed by atoms with van der Waals surface area (Å²) < 4.78 is 5.42. The standard InChI is InChI=1S/C29H37N3O3/c1-20-7-6-8-21(2)27(20)29(34)32-17-24-15-31(16-25(24)18-32)13-11-26(22-9-4-3-5-10-22)30-28(33)23-12-14-35-19-23/h3-10,23-26H,11-19H2,1-2H3,(H,30,33)/t23?,24-,25?,26+/m0/s1. The van der Waals surface area contributed by atoms with Gasteiger partial charge in [-0.2, -0.15) is 0 Å². The van der Waals surface area contributed by atoms with E-state index in [1.54, 1.807) is 0 Å². The summed E-state index contributed by atoms with van der Waals surface area (Å²) in [7, 11) is 0. The number of carbonyl (C=O) groups is 2. The Morgan fingerprint density at radius 3 is 2.29 bits per heavy atom. The van der Waals surface area contributed by atoms with E-state index in [-0.39, 0.29) is 23.8 Å². The number of fused-ring (bicyclic) bond motifs is 1. The van der Waals surface area contributed by atoms with Gasteiger partial charge in [0, 0.05) is 44.9 Å². The van der Waals surface area contributed by atoms with Gasteiger partial charge in [-0.15, -0.1) is 0 Å². The lowest BCUT2D eigenvalue weighted by Gasteiger charge is -2.26. The van der Waals surface area contributed by atoms with Crippen molar-refractivity contribution in [2.75, 3.05) is 45.9 Å². The lowest BCUT2D eigenvalue weighted by Crippen LogP contribution is -2.37. The van der Waals surface area contributed by atoms with Crippen molar-refractivity contribution < 1.29 is 14.3 Å². The van der Waals surface area contributed by atoms with E-state index >= 15 is 0 Å². The minimum Gasteiger partial charge on any atom is -0.381 e. The number of benzene rings is 2. The Morgan fingerprint density at radius 1 is 0.971 bits per heavy atom. The fourth-order valence-electron chi connectivity index (χ4n) is 6.10. The molecule has 186 valence electrons. The van der Waals surface area contributed by atoms with Crippen molar-refractivity contribution in [2.24, 2.45) is 17.8 Å². The van der Waals surface area contributed by atoms with Gasteiger partial charge in [0.1, 0.15) is 0 Å². The number of ether oxygens (including phenoxy) is 1. The van der Waals surface area contributed by atoms with Gasteiger partial charge in [0.15, 0.2) is 0 Å². The fourth-order valence-corrected chi connectivity index (χ4v) is 6.10. The third-order valence-corrected chi connectivity index (χ3v) is 8.10. The number of rotatable bonds is 7. The summed E-state index contributed by atoms with van der Waals surface area (Å²) in [4.78, 5) is 30.6. The lowest BCUT2D eigenvalue weighted by molar-refractivity contribution is -0.125. The van der Waals surface area contributed by atoms with Crippen LogP contribution in [0.15, 0.2) is 48.5 Å². The van der Waals surface area contributed by atoms with Crippen LogP contribution < -0.4 is 5.32 Å². The van der Waals surface area contributed by atoms with Crippen molar-refractivity contribution in [3.63, 3.8) is 0 Å². The average molecular weight is 476 g/mol. The molecule has 3 saturated heterocycles. The van der Waals surface area contributed by atoms with Crippen molar-refractivity contribution in [2.45, 2.75) is 32.7 Å². The second-order valence-corrected chi connectivity index (χ2v) is 10.6. The molecule has 2 amide bonds. The first-order chi connectivity index (χ1) is 17.0. The molecule has 0 aliphatic carbocycles. The molecule has 4 atom stereocenters. The third-order valence-electron chi connectivity index (χ3n) is 8.10. The van der Waals surface area contributed by atoms with E-state index in [9.17, 15) is 9.59 Å². The molecule has 1 N–H and O–H groups in total. The van der Waals surface area contributed by atoms with E-state index < -0.39 is 0 Å². The van der Waals surface area contributed by atoms with Crippen molar-refractivity contribution in [3.05, 3.63) is 70.8 Å². The van der Waals surface area contributed by atoms with Crippen LogP contribution in [0.3, 0.4) is 0 Å². The minimum absolute atomic E-state index is 0.00634. The van der Waals surface area contributed by atoms with E-state index in [1.807, 2.05) is 50.2 Å². The number of nitrogens with zero attached hydrogens (tertiary/aromatic N) is 2. The van der Waals surface area contributed by atoms with Gasteiger partial charge in [0.25, 0.3) is 5.91 Å². The summed E-state index contributed by atoms with van der Waals surface area (Å²) in [5.41, 5.74) is 4.15. The normalized spacial score (nSPS) is 25.0. The van der Waals surface area contributed by atoms with Crippen LogP contribution >= 0.6 is 0 Å². The summed E-state index contributed by atoms with van der Waals surface area (Å²) >= 11 is 0. The molecule has 3 aliphatic rings. The zero-order valence-electron chi connectivity index (χ0n) is 20.9. The first kappa shape index (κ1) is 24.0. The molecule has 3 heterocycles. The quantitative estimate of drug-likeness (QED) is 0.665. The Kier molecular flexibility index (Phi) is 7.21. The molecule has 0 spiro atoms. The Hall–Kier alpha value is -2.70. The molecule has 5 rings (SSSR count). The molecule has 6 nitrogen and oxygen atoms in total. The van der Waals surface area contributed by atoms with E-state index in [2.05, 4.69) is 27.2 Å².